The maximum atomic E-state index is 12.1. The van der Waals surface area contributed by atoms with Gasteiger partial charge in [0.05, 0.1) is 11.6 Å². The molecule has 0 aliphatic carbocycles. The third-order valence-corrected chi connectivity index (χ3v) is 4.73. The number of nitrogens with zero attached hydrogens (tertiary/aromatic N) is 1. The quantitative estimate of drug-likeness (QED) is 0.904. The second-order valence-corrected chi connectivity index (χ2v) is 6.67. The normalized spacial score (nSPS) is 11.7. The van der Waals surface area contributed by atoms with Crippen molar-refractivity contribution in [2.24, 2.45) is 0 Å². The lowest BCUT2D eigenvalue weighted by Gasteiger charge is -2.19. The highest BCUT2D eigenvalue weighted by Crippen LogP contribution is 2.29. The van der Waals surface area contributed by atoms with E-state index in [1.807, 2.05) is 26.2 Å². The van der Waals surface area contributed by atoms with Gasteiger partial charge in [-0.05, 0) is 17.9 Å². The molecule has 0 radical (unpaired) electrons. The maximum Gasteiger partial charge on any atom is 0.268 e. The molecule has 0 saturated heterocycles. The molecule has 2 heterocycles. The lowest BCUT2D eigenvalue weighted by molar-refractivity contribution is 0.102. The zero-order chi connectivity index (χ0) is 15.6. The van der Waals surface area contributed by atoms with Crippen molar-refractivity contribution in [3.05, 3.63) is 32.7 Å². The van der Waals surface area contributed by atoms with Gasteiger partial charge in [0.25, 0.3) is 5.91 Å². The first-order valence-corrected chi connectivity index (χ1v) is 7.62. The van der Waals surface area contributed by atoms with Crippen LogP contribution in [0.4, 0.5) is 5.82 Å². The Kier molecular flexibility index (Phi) is 4.70. The van der Waals surface area contributed by atoms with Crippen LogP contribution in [-0.2, 0) is 10.2 Å². The van der Waals surface area contributed by atoms with Gasteiger partial charge in [0.2, 0.25) is 0 Å². The third-order valence-electron chi connectivity index (χ3n) is 3.03. The highest BCUT2D eigenvalue weighted by molar-refractivity contribution is 7.13. The Hall–Kier alpha value is -1.37. The summed E-state index contributed by atoms with van der Waals surface area (Å²) < 4.78 is 10.4. The largest absolute Gasteiger partial charge is 0.384 e. The van der Waals surface area contributed by atoms with E-state index in [2.05, 4.69) is 10.5 Å². The SMILES string of the molecule is COCC(C)(C)c1cc(NC(=O)c2scc(C)c2Cl)no1. The molecular weight excluding hydrogens is 312 g/mol. The van der Waals surface area contributed by atoms with Crippen LogP contribution in [0, 0.1) is 6.92 Å². The number of amides is 1. The fourth-order valence-corrected chi connectivity index (χ4v) is 3.01. The molecule has 0 saturated carbocycles. The van der Waals surface area contributed by atoms with Crippen LogP contribution in [-0.4, -0.2) is 24.8 Å². The number of halogens is 1. The van der Waals surface area contributed by atoms with Crippen LogP contribution in [0.1, 0.15) is 34.8 Å². The molecule has 114 valence electrons. The van der Waals surface area contributed by atoms with Gasteiger partial charge < -0.3 is 14.6 Å². The maximum absolute atomic E-state index is 12.1. The molecule has 0 aromatic carbocycles. The molecule has 0 atom stereocenters. The fraction of sp³-hybridized carbons (Fsp3) is 0.429. The molecule has 0 aliphatic heterocycles. The summed E-state index contributed by atoms with van der Waals surface area (Å²) >= 11 is 7.38. The lowest BCUT2D eigenvalue weighted by atomic mass is 9.91. The summed E-state index contributed by atoms with van der Waals surface area (Å²) in [5.41, 5.74) is 0.566. The number of rotatable bonds is 5. The number of ether oxygens (including phenoxy) is 1. The highest BCUT2D eigenvalue weighted by Gasteiger charge is 2.26. The molecule has 5 nitrogen and oxygen atoms in total. The number of anilines is 1. The third kappa shape index (κ3) is 3.45. The van der Waals surface area contributed by atoms with Gasteiger partial charge in [0.15, 0.2) is 5.82 Å². The predicted octanol–water partition coefficient (Wildman–Crippen LogP) is 3.87. The van der Waals surface area contributed by atoms with Crippen LogP contribution in [0.25, 0.3) is 0 Å². The fourth-order valence-electron chi connectivity index (χ4n) is 1.84. The standard InChI is InChI=1S/C14H17ClN2O3S/c1-8-6-21-12(11(8)15)13(18)16-10-5-9(20-17-10)14(2,3)7-19-4/h5-6H,7H2,1-4H3,(H,16,17,18). The van der Waals surface area contributed by atoms with Crippen molar-refractivity contribution < 1.29 is 14.1 Å². The number of carbonyl (C=O) groups excluding carboxylic acids is 1. The molecule has 2 aromatic heterocycles. The monoisotopic (exact) mass is 328 g/mol. The Bertz CT molecular complexity index is 648. The number of thiophene rings is 1. The summed E-state index contributed by atoms with van der Waals surface area (Å²) in [6, 6.07) is 1.70. The van der Waals surface area contributed by atoms with Crippen molar-refractivity contribution in [2.45, 2.75) is 26.2 Å². The molecule has 0 aliphatic rings. The lowest BCUT2D eigenvalue weighted by Crippen LogP contribution is -2.22. The van der Waals surface area contributed by atoms with Crippen molar-refractivity contribution in [1.82, 2.24) is 5.16 Å². The smallest absolute Gasteiger partial charge is 0.268 e. The number of aromatic nitrogens is 1. The van der Waals surface area contributed by atoms with E-state index in [9.17, 15) is 4.79 Å². The zero-order valence-corrected chi connectivity index (χ0v) is 13.9. The van der Waals surface area contributed by atoms with Crippen LogP contribution < -0.4 is 5.32 Å². The second kappa shape index (κ2) is 6.17. The van der Waals surface area contributed by atoms with E-state index < -0.39 is 0 Å². The van der Waals surface area contributed by atoms with Gasteiger partial charge in [-0.2, -0.15) is 0 Å². The van der Waals surface area contributed by atoms with Crippen LogP contribution in [0.2, 0.25) is 5.02 Å². The molecule has 1 N–H and O–H groups in total. The van der Waals surface area contributed by atoms with E-state index in [1.54, 1.807) is 13.2 Å². The van der Waals surface area contributed by atoms with Crippen molar-refractivity contribution in [2.75, 3.05) is 19.0 Å². The Balaban J connectivity index is 2.13. The highest BCUT2D eigenvalue weighted by atomic mass is 35.5. The minimum Gasteiger partial charge on any atom is -0.384 e. The zero-order valence-electron chi connectivity index (χ0n) is 12.3. The van der Waals surface area contributed by atoms with E-state index in [0.29, 0.717) is 28.1 Å². The summed E-state index contributed by atoms with van der Waals surface area (Å²) in [5.74, 6) is 0.719. The molecule has 1 amide bonds. The minimum absolute atomic E-state index is 0.289. The minimum atomic E-state index is -0.318. The van der Waals surface area contributed by atoms with Gasteiger partial charge in [0, 0.05) is 18.6 Å². The molecule has 0 bridgehead atoms. The Morgan fingerprint density at radius 3 is 2.86 bits per heavy atom. The van der Waals surface area contributed by atoms with Gasteiger partial charge in [0.1, 0.15) is 10.6 Å². The second-order valence-electron chi connectivity index (χ2n) is 5.41. The number of hydrogen-bond donors (Lipinski definition) is 1. The van der Waals surface area contributed by atoms with Gasteiger partial charge in [-0.15, -0.1) is 11.3 Å². The van der Waals surface area contributed by atoms with E-state index in [-0.39, 0.29) is 11.3 Å². The summed E-state index contributed by atoms with van der Waals surface area (Å²) in [4.78, 5) is 12.6. The summed E-state index contributed by atoms with van der Waals surface area (Å²) in [6.45, 7) is 6.30. The van der Waals surface area contributed by atoms with E-state index in [1.165, 1.54) is 11.3 Å². The number of aryl methyl sites for hydroxylation is 1. The van der Waals surface area contributed by atoms with Gasteiger partial charge in [-0.1, -0.05) is 30.6 Å². The molecule has 0 unspecified atom stereocenters. The molecular formula is C14H17ClN2O3S. The summed E-state index contributed by atoms with van der Waals surface area (Å²) in [5, 5.41) is 8.87. The molecule has 7 heteroatoms. The number of hydrogen-bond acceptors (Lipinski definition) is 5. The van der Waals surface area contributed by atoms with Crippen molar-refractivity contribution in [3.8, 4) is 0 Å². The molecule has 21 heavy (non-hydrogen) atoms. The topological polar surface area (TPSA) is 64.4 Å². The molecule has 0 spiro atoms. The van der Waals surface area contributed by atoms with Crippen LogP contribution in [0.15, 0.2) is 16.0 Å². The molecule has 2 aromatic rings. The van der Waals surface area contributed by atoms with Crippen molar-refractivity contribution >= 4 is 34.7 Å². The van der Waals surface area contributed by atoms with E-state index >= 15 is 0 Å². The van der Waals surface area contributed by atoms with Gasteiger partial charge in [-0.25, -0.2) is 0 Å². The Morgan fingerprint density at radius 1 is 1.57 bits per heavy atom. The Morgan fingerprint density at radius 2 is 2.29 bits per heavy atom. The Labute approximate surface area is 132 Å². The molecule has 2 rings (SSSR count). The van der Waals surface area contributed by atoms with E-state index in [4.69, 9.17) is 20.9 Å². The number of carbonyl (C=O) groups is 1. The van der Waals surface area contributed by atoms with Crippen molar-refractivity contribution in [1.29, 1.82) is 0 Å². The van der Waals surface area contributed by atoms with Crippen LogP contribution in [0.3, 0.4) is 0 Å². The number of nitrogens with one attached hydrogen (secondary N) is 1. The predicted molar refractivity (Wildman–Crippen MR) is 83.4 cm³/mol. The van der Waals surface area contributed by atoms with E-state index in [0.717, 1.165) is 5.56 Å². The van der Waals surface area contributed by atoms with Gasteiger partial charge >= 0.3 is 0 Å². The number of methoxy groups -OCH3 is 1. The van der Waals surface area contributed by atoms with Gasteiger partial charge in [-0.3, -0.25) is 4.79 Å². The molecule has 0 fully saturated rings. The first-order chi connectivity index (χ1) is 9.85. The summed E-state index contributed by atoms with van der Waals surface area (Å²) in [6.07, 6.45) is 0. The van der Waals surface area contributed by atoms with Crippen LogP contribution in [0.5, 0.6) is 0 Å². The first-order valence-electron chi connectivity index (χ1n) is 6.36. The van der Waals surface area contributed by atoms with Crippen LogP contribution >= 0.6 is 22.9 Å². The summed E-state index contributed by atoms with van der Waals surface area (Å²) in [7, 11) is 1.63. The van der Waals surface area contributed by atoms with Crippen molar-refractivity contribution in [3.63, 3.8) is 0 Å². The first kappa shape index (κ1) is 16.0. The average molecular weight is 329 g/mol. The average Bonchev–Trinajstić information content (AvgIpc) is 2.99.